The summed E-state index contributed by atoms with van der Waals surface area (Å²) >= 11 is 0. The zero-order chi connectivity index (χ0) is 25.4. The Balaban J connectivity index is 1.54. The molecule has 4 atom stereocenters. The number of nitrogens with one attached hydrogen (secondary N) is 2. The first-order valence-corrected chi connectivity index (χ1v) is 12.2. The SMILES string of the molecule is CC[C@@H]1N[C@@H]2N(C1=O)c1ccccc1[C@@]2(O)C[C@@H]1C(=O)NC(=C(C)C)c2nc3ccccc3c(=O)n21. The molecule has 0 bridgehead atoms. The third-order valence-electron chi connectivity index (χ3n) is 7.54. The number of carbonyl (C=O) groups excluding carboxylic acids is 2. The van der Waals surface area contributed by atoms with Gasteiger partial charge in [-0.1, -0.05) is 37.3 Å². The zero-order valence-electron chi connectivity index (χ0n) is 20.3. The maximum absolute atomic E-state index is 13.8. The number of hydrogen-bond acceptors (Lipinski definition) is 6. The summed E-state index contributed by atoms with van der Waals surface area (Å²) in [6.45, 7) is 5.60. The van der Waals surface area contributed by atoms with Crippen molar-refractivity contribution >= 4 is 34.1 Å². The van der Waals surface area contributed by atoms with Gasteiger partial charge in [-0.3, -0.25) is 29.2 Å². The molecule has 3 aromatic rings. The molecule has 0 spiro atoms. The highest BCUT2D eigenvalue weighted by atomic mass is 16.3. The molecule has 9 nitrogen and oxygen atoms in total. The van der Waals surface area contributed by atoms with Gasteiger partial charge < -0.3 is 10.4 Å². The first kappa shape index (κ1) is 22.6. The fraction of sp³-hybridized carbons (Fsp3) is 0.333. The minimum atomic E-state index is -1.61. The summed E-state index contributed by atoms with van der Waals surface area (Å²) in [5.74, 6) is -0.161. The van der Waals surface area contributed by atoms with Gasteiger partial charge in [0, 0.05) is 12.0 Å². The molecule has 0 saturated carbocycles. The van der Waals surface area contributed by atoms with Crippen molar-refractivity contribution in [3.8, 4) is 0 Å². The van der Waals surface area contributed by atoms with E-state index in [0.717, 1.165) is 5.57 Å². The highest BCUT2D eigenvalue weighted by Crippen LogP contribution is 2.49. The quantitative estimate of drug-likeness (QED) is 0.524. The summed E-state index contributed by atoms with van der Waals surface area (Å²) in [5.41, 5.74) is 1.04. The molecule has 3 N–H and O–H groups in total. The number of benzene rings is 2. The van der Waals surface area contributed by atoms with Crippen LogP contribution >= 0.6 is 0 Å². The molecule has 4 heterocycles. The van der Waals surface area contributed by atoms with Crippen LogP contribution in [0.1, 0.15) is 51.0 Å². The predicted octanol–water partition coefficient (Wildman–Crippen LogP) is 2.15. The van der Waals surface area contributed by atoms with Gasteiger partial charge in [-0.15, -0.1) is 0 Å². The summed E-state index contributed by atoms with van der Waals surface area (Å²) < 4.78 is 1.40. The van der Waals surface area contributed by atoms with E-state index in [-0.39, 0.29) is 17.9 Å². The zero-order valence-corrected chi connectivity index (χ0v) is 20.3. The minimum absolute atomic E-state index is 0.114. The second-order valence-electron chi connectivity index (χ2n) is 9.89. The molecular formula is C27H27N5O4. The molecule has 9 heteroatoms. The van der Waals surface area contributed by atoms with Crippen LogP contribution in [0.5, 0.6) is 0 Å². The maximum Gasteiger partial charge on any atom is 0.262 e. The molecule has 1 aromatic heterocycles. The van der Waals surface area contributed by atoms with Crippen LogP contribution in [0.3, 0.4) is 0 Å². The molecule has 3 aliphatic heterocycles. The van der Waals surface area contributed by atoms with Gasteiger partial charge in [0.05, 0.1) is 28.3 Å². The first-order chi connectivity index (χ1) is 17.3. The number of carbonyl (C=O) groups is 2. The number of hydrogen-bond donors (Lipinski definition) is 3. The third kappa shape index (κ3) is 2.96. The lowest BCUT2D eigenvalue weighted by Gasteiger charge is -2.37. The Kier molecular flexibility index (Phi) is 4.93. The van der Waals surface area contributed by atoms with Gasteiger partial charge >= 0.3 is 0 Å². The van der Waals surface area contributed by atoms with Crippen molar-refractivity contribution in [1.82, 2.24) is 20.2 Å². The van der Waals surface area contributed by atoms with E-state index >= 15 is 0 Å². The average molecular weight is 486 g/mol. The van der Waals surface area contributed by atoms with E-state index in [1.807, 2.05) is 32.9 Å². The second-order valence-corrected chi connectivity index (χ2v) is 9.89. The molecule has 0 unspecified atom stereocenters. The molecule has 2 aromatic carbocycles. The maximum atomic E-state index is 13.8. The van der Waals surface area contributed by atoms with Crippen LogP contribution in [0.15, 0.2) is 58.9 Å². The standard InChI is InChI=1S/C27H27N5O4/c1-4-17-25(35)32-19-12-8-6-10-16(19)27(36,26(32)29-17)13-20-23(33)30-21(14(2)3)22-28-18-11-7-5-9-15(18)24(34)31(20)22/h5-12,17,20,26,29,36H,4,13H2,1-3H3,(H,30,33)/t17-,20+,26+,27-/m0/s1. The second kappa shape index (κ2) is 7.84. The number of anilines is 1. The number of para-hydroxylation sites is 2. The smallest absolute Gasteiger partial charge is 0.262 e. The molecule has 0 aliphatic carbocycles. The minimum Gasteiger partial charge on any atom is -0.381 e. The van der Waals surface area contributed by atoms with Crippen molar-refractivity contribution < 1.29 is 14.7 Å². The van der Waals surface area contributed by atoms with Crippen molar-refractivity contribution in [2.45, 2.75) is 57.5 Å². The molecule has 1 saturated heterocycles. The average Bonchev–Trinajstić information content (AvgIpc) is 3.33. The monoisotopic (exact) mass is 485 g/mol. The lowest BCUT2D eigenvalue weighted by atomic mass is 9.85. The van der Waals surface area contributed by atoms with Crippen LogP contribution < -0.4 is 21.1 Å². The Bertz CT molecular complexity index is 1540. The van der Waals surface area contributed by atoms with E-state index in [1.165, 1.54) is 4.57 Å². The fourth-order valence-electron chi connectivity index (χ4n) is 5.77. The van der Waals surface area contributed by atoms with Crippen molar-refractivity contribution in [1.29, 1.82) is 0 Å². The Morgan fingerprint density at radius 3 is 2.56 bits per heavy atom. The molecule has 0 radical (unpaired) electrons. The normalized spacial score (nSPS) is 26.6. The van der Waals surface area contributed by atoms with Gasteiger partial charge in [0.1, 0.15) is 17.8 Å². The summed E-state index contributed by atoms with van der Waals surface area (Å²) in [6.07, 6.45) is -0.301. The number of fused-ring (bicyclic) bond motifs is 5. The number of allylic oxidation sites excluding steroid dienone is 1. The molecule has 6 rings (SSSR count). The summed E-state index contributed by atoms with van der Waals surface area (Å²) in [7, 11) is 0. The summed E-state index contributed by atoms with van der Waals surface area (Å²) in [5, 5.41) is 18.8. The highest BCUT2D eigenvalue weighted by molar-refractivity contribution is 6.03. The number of aromatic nitrogens is 2. The molecular weight excluding hydrogens is 458 g/mol. The lowest BCUT2D eigenvalue weighted by Crippen LogP contribution is -2.53. The van der Waals surface area contributed by atoms with Gasteiger partial charge in [0.15, 0.2) is 5.82 Å². The summed E-state index contributed by atoms with van der Waals surface area (Å²) in [4.78, 5) is 46.8. The Morgan fingerprint density at radius 1 is 1.08 bits per heavy atom. The van der Waals surface area contributed by atoms with E-state index in [0.29, 0.717) is 40.1 Å². The Morgan fingerprint density at radius 2 is 1.81 bits per heavy atom. The largest absolute Gasteiger partial charge is 0.381 e. The van der Waals surface area contributed by atoms with Crippen LogP contribution in [-0.4, -0.2) is 38.7 Å². The summed E-state index contributed by atoms with van der Waals surface area (Å²) in [6, 6.07) is 12.7. The molecule has 36 heavy (non-hydrogen) atoms. The van der Waals surface area contributed by atoms with E-state index in [1.54, 1.807) is 41.3 Å². The van der Waals surface area contributed by atoms with Crippen molar-refractivity contribution in [3.63, 3.8) is 0 Å². The van der Waals surface area contributed by atoms with E-state index in [2.05, 4.69) is 10.6 Å². The molecule has 2 amide bonds. The third-order valence-corrected chi connectivity index (χ3v) is 7.54. The number of aliphatic hydroxyl groups is 1. The molecule has 1 fully saturated rings. The van der Waals surface area contributed by atoms with E-state index in [9.17, 15) is 19.5 Å². The van der Waals surface area contributed by atoms with Crippen LogP contribution in [0.4, 0.5) is 5.69 Å². The van der Waals surface area contributed by atoms with Gasteiger partial charge in [-0.2, -0.15) is 0 Å². The van der Waals surface area contributed by atoms with Crippen LogP contribution in [0.2, 0.25) is 0 Å². The fourth-order valence-corrected chi connectivity index (χ4v) is 5.77. The van der Waals surface area contributed by atoms with E-state index in [4.69, 9.17) is 4.98 Å². The van der Waals surface area contributed by atoms with Gasteiger partial charge in [-0.25, -0.2) is 4.98 Å². The Hall–Kier alpha value is -3.82. The van der Waals surface area contributed by atoms with E-state index < -0.39 is 29.8 Å². The number of nitrogens with zero attached hydrogens (tertiary/aromatic N) is 3. The molecule has 3 aliphatic rings. The Labute approximate surface area is 207 Å². The van der Waals surface area contributed by atoms with Crippen molar-refractivity contribution in [2.24, 2.45) is 0 Å². The van der Waals surface area contributed by atoms with Crippen LogP contribution in [0, 0.1) is 0 Å². The van der Waals surface area contributed by atoms with Crippen LogP contribution in [0.25, 0.3) is 16.6 Å². The predicted molar refractivity (Wildman–Crippen MR) is 135 cm³/mol. The highest BCUT2D eigenvalue weighted by Gasteiger charge is 2.59. The van der Waals surface area contributed by atoms with Crippen LogP contribution in [-0.2, 0) is 15.2 Å². The van der Waals surface area contributed by atoms with Gasteiger partial charge in [0.2, 0.25) is 11.8 Å². The van der Waals surface area contributed by atoms with Crippen molar-refractivity contribution in [3.05, 3.63) is 75.8 Å². The van der Waals surface area contributed by atoms with Gasteiger partial charge in [0.25, 0.3) is 5.56 Å². The molecule has 184 valence electrons. The first-order valence-electron chi connectivity index (χ1n) is 12.2. The van der Waals surface area contributed by atoms with Crippen molar-refractivity contribution in [2.75, 3.05) is 4.90 Å². The van der Waals surface area contributed by atoms with Gasteiger partial charge in [-0.05, 0) is 44.0 Å². The lowest BCUT2D eigenvalue weighted by molar-refractivity contribution is -0.126. The number of amides is 2. The number of rotatable bonds is 3. The topological polar surface area (TPSA) is 117 Å².